The van der Waals surface area contributed by atoms with E-state index in [1.54, 1.807) is 0 Å². The quantitative estimate of drug-likeness (QED) is 0.221. The number of nitrogens with zero attached hydrogens (tertiary/aromatic N) is 1. The first-order valence-electron chi connectivity index (χ1n) is 12.5. The van der Waals surface area contributed by atoms with Gasteiger partial charge in [-0.05, 0) is 42.0 Å². The van der Waals surface area contributed by atoms with Gasteiger partial charge in [0, 0.05) is 24.3 Å². The van der Waals surface area contributed by atoms with Gasteiger partial charge in [0.25, 0.3) is 0 Å². The van der Waals surface area contributed by atoms with Crippen molar-refractivity contribution in [3.05, 3.63) is 65.9 Å². The summed E-state index contributed by atoms with van der Waals surface area (Å²) >= 11 is 0. The highest BCUT2D eigenvalue weighted by Gasteiger charge is 2.29. The third-order valence-corrected chi connectivity index (χ3v) is 6.48. The van der Waals surface area contributed by atoms with Gasteiger partial charge in [0.2, 0.25) is 0 Å². The Balaban J connectivity index is 1.71. The highest BCUT2D eigenvalue weighted by Crippen LogP contribution is 2.32. The van der Waals surface area contributed by atoms with Gasteiger partial charge in [0.15, 0.2) is 0 Å². The normalized spacial score (nSPS) is 12.3. The highest BCUT2D eigenvalue weighted by molar-refractivity contribution is 5.96. The molecular weight excluding hydrogens is 408 g/mol. The number of nitrogens with one attached hydrogen (secondary N) is 1. The molecule has 0 aliphatic carbocycles. The number of aromatic nitrogens is 1. The van der Waals surface area contributed by atoms with E-state index in [0.717, 1.165) is 17.7 Å². The van der Waals surface area contributed by atoms with Crippen molar-refractivity contribution in [2.75, 3.05) is 11.9 Å². The number of H-pyrrole nitrogens is 1. The van der Waals surface area contributed by atoms with Gasteiger partial charge in [-0.3, -0.25) is 0 Å². The molecule has 33 heavy (non-hydrogen) atoms. The van der Waals surface area contributed by atoms with Crippen molar-refractivity contribution in [2.45, 2.75) is 78.4 Å². The van der Waals surface area contributed by atoms with Crippen LogP contribution in [0.3, 0.4) is 0 Å². The zero-order valence-electron chi connectivity index (χ0n) is 20.8. The van der Waals surface area contributed by atoms with Crippen molar-refractivity contribution in [1.82, 2.24) is 4.98 Å². The van der Waals surface area contributed by atoms with E-state index in [1.807, 2.05) is 43.6 Å². The van der Waals surface area contributed by atoms with Crippen molar-refractivity contribution in [3.8, 4) is 0 Å². The highest BCUT2D eigenvalue weighted by atomic mass is 16.5. The number of anilines is 1. The number of unbranched alkanes of at least 4 members (excludes halogenated alkanes) is 5. The number of aromatic amines is 1. The number of hydrogen-bond donors (Lipinski definition) is 1. The summed E-state index contributed by atoms with van der Waals surface area (Å²) in [6.07, 6.45) is 10.9. The Morgan fingerprint density at radius 3 is 2.42 bits per heavy atom. The fourth-order valence-electron chi connectivity index (χ4n) is 4.65. The van der Waals surface area contributed by atoms with E-state index >= 15 is 0 Å². The first-order valence-corrected chi connectivity index (χ1v) is 12.5. The summed E-state index contributed by atoms with van der Waals surface area (Å²) in [4.78, 5) is 18.6. The molecule has 1 heterocycles. The van der Waals surface area contributed by atoms with E-state index in [-0.39, 0.29) is 17.9 Å². The number of benzene rings is 2. The molecule has 0 unspecified atom stereocenters. The van der Waals surface area contributed by atoms with Crippen LogP contribution in [-0.2, 0) is 22.6 Å². The molecule has 4 nitrogen and oxygen atoms in total. The minimum atomic E-state index is -0.351. The van der Waals surface area contributed by atoms with Gasteiger partial charge >= 0.3 is 5.97 Å². The Hall–Kier alpha value is -2.75. The molecule has 3 aromatic rings. The van der Waals surface area contributed by atoms with Gasteiger partial charge in [0.05, 0.1) is 5.52 Å². The lowest BCUT2D eigenvalue weighted by Gasteiger charge is -2.32. The van der Waals surface area contributed by atoms with E-state index in [4.69, 9.17) is 4.74 Å². The molecule has 0 saturated carbocycles. The van der Waals surface area contributed by atoms with Crippen LogP contribution in [0, 0.1) is 5.92 Å². The fraction of sp³-hybridized carbons (Fsp3) is 0.483. The average molecular weight is 449 g/mol. The number of rotatable bonds is 13. The van der Waals surface area contributed by atoms with Gasteiger partial charge in [-0.25, -0.2) is 4.79 Å². The first kappa shape index (κ1) is 24.9. The summed E-state index contributed by atoms with van der Waals surface area (Å²) < 4.78 is 5.72. The number of fused-ring (bicyclic) bond motifs is 1. The number of esters is 1. The van der Waals surface area contributed by atoms with E-state index in [1.165, 1.54) is 55.0 Å². The van der Waals surface area contributed by atoms with E-state index in [2.05, 4.69) is 48.9 Å². The number of ether oxygens (including phenoxy) is 1. The SMILES string of the molecule is CCCCCCCCc1ccc(N(C)[C@H](C(=O)OCc2ccccc2)C(C)C)c2cc[nH]c12. The van der Waals surface area contributed by atoms with Gasteiger partial charge in [-0.2, -0.15) is 0 Å². The molecule has 4 heteroatoms. The predicted molar refractivity (Wildman–Crippen MR) is 139 cm³/mol. The maximum atomic E-state index is 13.1. The summed E-state index contributed by atoms with van der Waals surface area (Å²) in [7, 11) is 2.00. The van der Waals surface area contributed by atoms with Crippen molar-refractivity contribution in [3.63, 3.8) is 0 Å². The Labute approximate surface area is 199 Å². The van der Waals surface area contributed by atoms with Crippen LogP contribution in [-0.4, -0.2) is 24.0 Å². The molecule has 1 atom stereocenters. The van der Waals surface area contributed by atoms with E-state index < -0.39 is 0 Å². The maximum Gasteiger partial charge on any atom is 0.329 e. The van der Waals surface area contributed by atoms with Crippen molar-refractivity contribution >= 4 is 22.6 Å². The summed E-state index contributed by atoms with van der Waals surface area (Å²) in [5.74, 6) is -0.0637. The molecule has 0 fully saturated rings. The standard InChI is InChI=1S/C29H40N2O2/c1-5-6-7-8-9-13-16-24-17-18-26(25-19-20-30-27(24)25)31(4)28(22(2)3)29(32)33-21-23-14-11-10-12-15-23/h10-12,14-15,17-20,22,28,30H,5-9,13,16,21H2,1-4H3/t28-/m0/s1. The number of hydrogen-bond acceptors (Lipinski definition) is 3. The van der Waals surface area contributed by atoms with Gasteiger partial charge in [-0.15, -0.1) is 0 Å². The van der Waals surface area contributed by atoms with Crippen LogP contribution >= 0.6 is 0 Å². The summed E-state index contributed by atoms with van der Waals surface area (Å²) in [6, 6.07) is 16.0. The lowest BCUT2D eigenvalue weighted by Crippen LogP contribution is -2.43. The molecular formula is C29H40N2O2. The Morgan fingerprint density at radius 2 is 1.70 bits per heavy atom. The Morgan fingerprint density at radius 1 is 0.970 bits per heavy atom. The third-order valence-electron chi connectivity index (χ3n) is 6.48. The molecule has 0 aliphatic rings. The summed E-state index contributed by atoms with van der Waals surface area (Å²) in [6.45, 7) is 6.71. The number of aryl methyl sites for hydroxylation is 1. The first-order chi connectivity index (χ1) is 16.0. The zero-order valence-corrected chi connectivity index (χ0v) is 20.8. The van der Waals surface area contributed by atoms with Crippen LogP contribution in [0.25, 0.3) is 10.9 Å². The average Bonchev–Trinajstić information content (AvgIpc) is 3.30. The monoisotopic (exact) mass is 448 g/mol. The predicted octanol–water partition coefficient (Wildman–Crippen LogP) is 7.28. The largest absolute Gasteiger partial charge is 0.459 e. The lowest BCUT2D eigenvalue weighted by molar-refractivity contribution is -0.147. The fourth-order valence-corrected chi connectivity index (χ4v) is 4.65. The molecule has 0 saturated heterocycles. The van der Waals surface area contributed by atoms with E-state index in [9.17, 15) is 4.79 Å². The van der Waals surface area contributed by atoms with Crippen LogP contribution < -0.4 is 4.90 Å². The number of carbonyl (C=O) groups excluding carboxylic acids is 1. The number of carbonyl (C=O) groups is 1. The molecule has 2 aromatic carbocycles. The number of likely N-dealkylation sites (N-methyl/N-ethyl adjacent to an activating group) is 1. The van der Waals surface area contributed by atoms with Crippen molar-refractivity contribution < 1.29 is 9.53 Å². The molecule has 0 bridgehead atoms. The van der Waals surface area contributed by atoms with Gasteiger partial charge < -0.3 is 14.6 Å². The van der Waals surface area contributed by atoms with Crippen LogP contribution in [0.1, 0.15) is 70.4 Å². The molecule has 3 rings (SSSR count). The van der Waals surface area contributed by atoms with Crippen molar-refractivity contribution in [2.24, 2.45) is 5.92 Å². The second-order valence-electron chi connectivity index (χ2n) is 9.42. The molecule has 0 amide bonds. The van der Waals surface area contributed by atoms with E-state index in [0.29, 0.717) is 6.61 Å². The Bertz CT molecular complexity index is 993. The molecule has 1 aromatic heterocycles. The minimum Gasteiger partial charge on any atom is -0.459 e. The smallest absolute Gasteiger partial charge is 0.329 e. The molecule has 0 spiro atoms. The van der Waals surface area contributed by atoms with Crippen LogP contribution in [0.2, 0.25) is 0 Å². The van der Waals surface area contributed by atoms with Crippen LogP contribution in [0.5, 0.6) is 0 Å². The van der Waals surface area contributed by atoms with Gasteiger partial charge in [0.1, 0.15) is 12.6 Å². The molecule has 0 radical (unpaired) electrons. The van der Waals surface area contributed by atoms with Gasteiger partial charge in [-0.1, -0.05) is 89.3 Å². The lowest BCUT2D eigenvalue weighted by atomic mass is 9.99. The third kappa shape index (κ3) is 6.63. The second kappa shape index (κ2) is 12.5. The Kier molecular flexibility index (Phi) is 9.41. The van der Waals surface area contributed by atoms with Crippen LogP contribution in [0.4, 0.5) is 5.69 Å². The molecule has 178 valence electrons. The molecule has 1 N–H and O–H groups in total. The van der Waals surface area contributed by atoms with Crippen LogP contribution in [0.15, 0.2) is 54.7 Å². The second-order valence-corrected chi connectivity index (χ2v) is 9.42. The topological polar surface area (TPSA) is 45.3 Å². The summed E-state index contributed by atoms with van der Waals surface area (Å²) in [5.41, 5.74) is 4.61. The maximum absolute atomic E-state index is 13.1. The zero-order chi connectivity index (χ0) is 23.6. The van der Waals surface area contributed by atoms with Crippen molar-refractivity contribution in [1.29, 1.82) is 0 Å². The minimum absolute atomic E-state index is 0.120. The summed E-state index contributed by atoms with van der Waals surface area (Å²) in [5, 5.41) is 1.17. The molecule has 0 aliphatic heterocycles.